The first-order valence-corrected chi connectivity index (χ1v) is 8.50. The first-order chi connectivity index (χ1) is 11.7. The van der Waals surface area contributed by atoms with Crippen LogP contribution in [0.25, 0.3) is 0 Å². The Morgan fingerprint density at radius 3 is 2.79 bits per heavy atom. The number of nitrogens with zero attached hydrogens (tertiary/aromatic N) is 2. The number of benzene rings is 1. The van der Waals surface area contributed by atoms with E-state index in [1.165, 1.54) is 18.2 Å². The zero-order chi connectivity index (χ0) is 16.5. The molecule has 0 bridgehead atoms. The van der Waals surface area contributed by atoms with Crippen molar-refractivity contribution in [1.29, 1.82) is 0 Å². The van der Waals surface area contributed by atoms with Crippen molar-refractivity contribution in [3.63, 3.8) is 0 Å². The minimum atomic E-state index is -0.986. The topological polar surface area (TPSA) is 56.9 Å². The predicted molar refractivity (Wildman–Crippen MR) is 89.7 cm³/mol. The number of carboxylic acids is 1. The molecule has 1 N–H and O–H groups in total. The Kier molecular flexibility index (Phi) is 4.12. The summed E-state index contributed by atoms with van der Waals surface area (Å²) in [6.45, 7) is 4.86. The van der Waals surface area contributed by atoms with Gasteiger partial charge in [-0.1, -0.05) is 30.3 Å². The molecule has 5 heteroatoms. The van der Waals surface area contributed by atoms with Crippen molar-refractivity contribution >= 4 is 5.97 Å². The van der Waals surface area contributed by atoms with E-state index in [1.807, 2.05) is 0 Å². The van der Waals surface area contributed by atoms with E-state index in [0.717, 1.165) is 31.7 Å². The highest BCUT2D eigenvalue weighted by Crippen LogP contribution is 2.33. The summed E-state index contributed by atoms with van der Waals surface area (Å²) in [6, 6.07) is 13.0. The maximum Gasteiger partial charge on any atom is 0.372 e. The third-order valence-electron chi connectivity index (χ3n) is 5.30. The van der Waals surface area contributed by atoms with Crippen LogP contribution in [-0.2, 0) is 13.1 Å². The summed E-state index contributed by atoms with van der Waals surface area (Å²) in [4.78, 5) is 16.1. The van der Waals surface area contributed by atoms with E-state index < -0.39 is 5.97 Å². The average molecular weight is 326 g/mol. The molecule has 1 aromatic heterocycles. The van der Waals surface area contributed by atoms with Crippen molar-refractivity contribution < 1.29 is 14.3 Å². The number of furan rings is 1. The maximum atomic E-state index is 11.2. The lowest BCUT2D eigenvalue weighted by molar-refractivity contribution is 0.0659. The number of aromatic carboxylic acids is 1. The van der Waals surface area contributed by atoms with Crippen LogP contribution >= 0.6 is 0 Å². The van der Waals surface area contributed by atoms with Crippen molar-refractivity contribution in [2.45, 2.75) is 25.6 Å². The molecule has 0 spiro atoms. The van der Waals surface area contributed by atoms with Gasteiger partial charge in [0.2, 0.25) is 5.76 Å². The van der Waals surface area contributed by atoms with Gasteiger partial charge in [-0.3, -0.25) is 9.80 Å². The monoisotopic (exact) mass is 326 g/mol. The third kappa shape index (κ3) is 2.97. The molecule has 2 aromatic rings. The lowest BCUT2D eigenvalue weighted by Gasteiger charge is -2.24. The van der Waals surface area contributed by atoms with Crippen molar-refractivity contribution in [3.05, 3.63) is 59.5 Å². The van der Waals surface area contributed by atoms with Crippen molar-refractivity contribution in [2.24, 2.45) is 5.92 Å². The fraction of sp³-hybridized carbons (Fsp3) is 0.421. The van der Waals surface area contributed by atoms with E-state index in [0.29, 0.717) is 18.5 Å². The summed E-state index contributed by atoms with van der Waals surface area (Å²) in [7, 11) is 0. The van der Waals surface area contributed by atoms with Gasteiger partial charge < -0.3 is 9.52 Å². The lowest BCUT2D eigenvalue weighted by atomic mass is 10.0. The molecular formula is C19H22N2O3. The van der Waals surface area contributed by atoms with Gasteiger partial charge in [0.15, 0.2) is 0 Å². The number of likely N-dealkylation sites (tertiary alicyclic amines) is 2. The molecule has 0 radical (unpaired) electrons. The molecule has 2 fully saturated rings. The summed E-state index contributed by atoms with van der Waals surface area (Å²) < 4.78 is 5.09. The maximum absolute atomic E-state index is 11.2. The van der Waals surface area contributed by atoms with E-state index in [2.05, 4.69) is 40.1 Å². The molecule has 2 atom stereocenters. The molecule has 1 aromatic carbocycles. The number of hydrogen-bond donors (Lipinski definition) is 1. The van der Waals surface area contributed by atoms with E-state index in [-0.39, 0.29) is 5.76 Å². The highest BCUT2D eigenvalue weighted by molar-refractivity contribution is 5.86. The van der Waals surface area contributed by atoms with Crippen LogP contribution in [-0.4, -0.2) is 46.6 Å². The molecule has 24 heavy (non-hydrogen) atoms. The Bertz CT molecular complexity index is 712. The third-order valence-corrected chi connectivity index (χ3v) is 5.30. The molecule has 2 aliphatic rings. The molecule has 126 valence electrons. The zero-order valence-electron chi connectivity index (χ0n) is 13.6. The number of carboxylic acid groups (broad SMARTS) is 1. The van der Waals surface area contributed by atoms with Crippen LogP contribution in [0.1, 0.15) is 28.1 Å². The van der Waals surface area contributed by atoms with Gasteiger partial charge in [-0.15, -0.1) is 0 Å². The molecule has 0 aliphatic carbocycles. The molecule has 2 saturated heterocycles. The molecule has 4 rings (SSSR count). The first-order valence-electron chi connectivity index (χ1n) is 8.50. The first kappa shape index (κ1) is 15.4. The Morgan fingerprint density at radius 1 is 1.17 bits per heavy atom. The Hall–Kier alpha value is -2.11. The number of fused-ring (bicyclic) bond motifs is 1. The average Bonchev–Trinajstić information content (AvgIpc) is 3.26. The van der Waals surface area contributed by atoms with Crippen LogP contribution in [0.5, 0.6) is 0 Å². The zero-order valence-corrected chi connectivity index (χ0v) is 13.6. The minimum Gasteiger partial charge on any atom is -0.475 e. The second-order valence-corrected chi connectivity index (χ2v) is 6.85. The van der Waals surface area contributed by atoms with Crippen LogP contribution in [0, 0.1) is 5.92 Å². The van der Waals surface area contributed by atoms with Crippen LogP contribution in [0.3, 0.4) is 0 Å². The molecule has 5 nitrogen and oxygen atoms in total. The van der Waals surface area contributed by atoms with Gasteiger partial charge in [-0.05, 0) is 30.5 Å². The second-order valence-electron chi connectivity index (χ2n) is 6.85. The van der Waals surface area contributed by atoms with Crippen LogP contribution in [0.2, 0.25) is 0 Å². The molecule has 0 unspecified atom stereocenters. The molecule has 3 heterocycles. The van der Waals surface area contributed by atoms with E-state index >= 15 is 0 Å². The van der Waals surface area contributed by atoms with Gasteiger partial charge in [0.05, 0.1) is 6.26 Å². The molecule has 0 saturated carbocycles. The van der Waals surface area contributed by atoms with Crippen molar-refractivity contribution in [3.8, 4) is 0 Å². The van der Waals surface area contributed by atoms with Crippen LogP contribution < -0.4 is 0 Å². The van der Waals surface area contributed by atoms with Crippen molar-refractivity contribution in [1.82, 2.24) is 9.80 Å². The van der Waals surface area contributed by atoms with E-state index in [9.17, 15) is 9.90 Å². The number of carbonyl (C=O) groups is 1. The molecule has 2 aliphatic heterocycles. The Balaban J connectivity index is 1.40. The number of rotatable bonds is 5. The van der Waals surface area contributed by atoms with E-state index in [4.69, 9.17) is 4.42 Å². The van der Waals surface area contributed by atoms with Crippen LogP contribution in [0.15, 0.2) is 47.1 Å². The van der Waals surface area contributed by atoms with Gasteiger partial charge in [-0.2, -0.15) is 0 Å². The highest BCUT2D eigenvalue weighted by Gasteiger charge is 2.41. The lowest BCUT2D eigenvalue weighted by Crippen LogP contribution is -2.34. The summed E-state index contributed by atoms with van der Waals surface area (Å²) in [6.07, 6.45) is 2.70. The van der Waals surface area contributed by atoms with Gasteiger partial charge in [0.25, 0.3) is 0 Å². The quantitative estimate of drug-likeness (QED) is 0.915. The summed E-state index contributed by atoms with van der Waals surface area (Å²) in [5.74, 6) is -0.220. The minimum absolute atomic E-state index is 0.0770. The fourth-order valence-electron chi connectivity index (χ4n) is 4.17. The number of hydrogen-bond acceptors (Lipinski definition) is 4. The Labute approximate surface area is 141 Å². The van der Waals surface area contributed by atoms with Crippen LogP contribution in [0.4, 0.5) is 0 Å². The normalized spacial score (nSPS) is 24.3. The van der Waals surface area contributed by atoms with Gasteiger partial charge in [-0.25, -0.2) is 4.79 Å². The standard InChI is InChI=1S/C19H22N2O3/c22-19(23)18-16(7-9-24-18)12-20-11-15-6-8-21(17(15)13-20)10-14-4-2-1-3-5-14/h1-5,7,9,15,17H,6,8,10-13H2,(H,22,23)/t15-,17+/m0/s1. The van der Waals surface area contributed by atoms with Crippen molar-refractivity contribution in [2.75, 3.05) is 19.6 Å². The predicted octanol–water partition coefficient (Wildman–Crippen LogP) is 2.68. The van der Waals surface area contributed by atoms with E-state index in [1.54, 1.807) is 6.07 Å². The van der Waals surface area contributed by atoms with Gasteiger partial charge in [0, 0.05) is 37.8 Å². The largest absolute Gasteiger partial charge is 0.475 e. The smallest absolute Gasteiger partial charge is 0.372 e. The molecular weight excluding hydrogens is 304 g/mol. The fourth-order valence-corrected chi connectivity index (χ4v) is 4.17. The highest BCUT2D eigenvalue weighted by atomic mass is 16.4. The molecule has 0 amide bonds. The SMILES string of the molecule is O=C(O)c1occc1CN1C[C@@H]2CCN(Cc3ccccc3)[C@@H]2C1. The Morgan fingerprint density at radius 2 is 2.00 bits per heavy atom. The van der Waals surface area contributed by atoms with Gasteiger partial charge >= 0.3 is 5.97 Å². The second kappa shape index (κ2) is 6.42. The summed E-state index contributed by atoms with van der Waals surface area (Å²) >= 11 is 0. The summed E-state index contributed by atoms with van der Waals surface area (Å²) in [5, 5.41) is 9.18. The summed E-state index contributed by atoms with van der Waals surface area (Å²) in [5.41, 5.74) is 2.14. The van der Waals surface area contributed by atoms with Gasteiger partial charge in [0.1, 0.15) is 0 Å².